The third kappa shape index (κ3) is 2.62. The van der Waals surface area contributed by atoms with E-state index in [1.807, 2.05) is 7.05 Å². The monoisotopic (exact) mass is 223 g/mol. The summed E-state index contributed by atoms with van der Waals surface area (Å²) >= 11 is 0. The van der Waals surface area contributed by atoms with E-state index in [0.29, 0.717) is 5.92 Å². The van der Waals surface area contributed by atoms with Crippen LogP contribution in [0.5, 0.6) is 0 Å². The average molecular weight is 223 g/mol. The number of likely N-dealkylation sites (N-methyl/N-ethyl adjacent to an activating group) is 2. The number of nitrogens with one attached hydrogen (secondary N) is 1. The molecule has 4 nitrogen and oxygen atoms in total. The maximum atomic E-state index is 5.57. The van der Waals surface area contributed by atoms with Crippen molar-refractivity contribution < 1.29 is 4.42 Å². The molecule has 1 saturated heterocycles. The molecule has 1 aromatic heterocycles. The largest absolute Gasteiger partial charge is 0.448 e. The van der Waals surface area contributed by atoms with Crippen LogP contribution in [-0.2, 0) is 6.42 Å². The molecule has 0 saturated carbocycles. The molecule has 0 amide bonds. The van der Waals surface area contributed by atoms with Crippen LogP contribution in [0.3, 0.4) is 0 Å². The van der Waals surface area contributed by atoms with Gasteiger partial charge in [0.2, 0.25) is 0 Å². The molecule has 2 heterocycles. The second-order valence-corrected chi connectivity index (χ2v) is 4.41. The zero-order valence-corrected chi connectivity index (χ0v) is 10.2. The summed E-state index contributed by atoms with van der Waals surface area (Å²) < 4.78 is 5.57. The molecule has 1 aliphatic heterocycles. The summed E-state index contributed by atoms with van der Waals surface area (Å²) in [7, 11) is 1.96. The number of nitrogens with zero attached hydrogens (tertiary/aromatic N) is 2. The van der Waals surface area contributed by atoms with Crippen molar-refractivity contribution in [1.29, 1.82) is 0 Å². The molecular formula is C12H21N3O. The van der Waals surface area contributed by atoms with Crippen LogP contribution in [0.1, 0.15) is 30.8 Å². The van der Waals surface area contributed by atoms with E-state index < -0.39 is 0 Å². The Balaban J connectivity index is 1.92. The summed E-state index contributed by atoms with van der Waals surface area (Å²) in [6.45, 7) is 6.57. The van der Waals surface area contributed by atoms with Crippen LogP contribution in [0.2, 0.25) is 0 Å². The van der Waals surface area contributed by atoms with E-state index in [4.69, 9.17) is 4.42 Å². The Hall–Kier alpha value is -0.870. The average Bonchev–Trinajstić information content (AvgIpc) is 2.94. The third-order valence-electron chi connectivity index (χ3n) is 3.27. The number of hydrogen-bond acceptors (Lipinski definition) is 4. The molecule has 16 heavy (non-hydrogen) atoms. The van der Waals surface area contributed by atoms with E-state index in [-0.39, 0.29) is 0 Å². The van der Waals surface area contributed by atoms with Crippen molar-refractivity contribution in [3.63, 3.8) is 0 Å². The predicted molar refractivity (Wildman–Crippen MR) is 63.6 cm³/mol. The summed E-state index contributed by atoms with van der Waals surface area (Å²) in [5, 5.41) is 3.12. The van der Waals surface area contributed by atoms with Crippen LogP contribution in [0, 0.1) is 0 Å². The van der Waals surface area contributed by atoms with Crippen LogP contribution in [-0.4, -0.2) is 43.1 Å². The second kappa shape index (κ2) is 5.46. The van der Waals surface area contributed by atoms with Gasteiger partial charge < -0.3 is 14.6 Å². The summed E-state index contributed by atoms with van der Waals surface area (Å²) in [4.78, 5) is 7.01. The molecule has 0 bridgehead atoms. The fraction of sp³-hybridized carbons (Fsp3) is 0.750. The Morgan fingerprint density at radius 3 is 3.19 bits per heavy atom. The van der Waals surface area contributed by atoms with Crippen molar-refractivity contribution in [2.75, 3.05) is 33.2 Å². The first-order valence-electron chi connectivity index (χ1n) is 6.14. The number of aromatic nitrogens is 1. The lowest BCUT2D eigenvalue weighted by Crippen LogP contribution is -2.19. The van der Waals surface area contributed by atoms with Gasteiger partial charge in [-0.25, -0.2) is 4.98 Å². The van der Waals surface area contributed by atoms with E-state index in [1.54, 1.807) is 6.26 Å². The van der Waals surface area contributed by atoms with Gasteiger partial charge in [0.25, 0.3) is 0 Å². The van der Waals surface area contributed by atoms with Gasteiger partial charge in [0.1, 0.15) is 6.26 Å². The van der Waals surface area contributed by atoms with Crippen molar-refractivity contribution in [3.8, 4) is 0 Å². The van der Waals surface area contributed by atoms with Crippen molar-refractivity contribution in [3.05, 3.63) is 17.8 Å². The van der Waals surface area contributed by atoms with Crippen molar-refractivity contribution >= 4 is 0 Å². The van der Waals surface area contributed by atoms with Crippen LogP contribution in [0.4, 0.5) is 0 Å². The van der Waals surface area contributed by atoms with Gasteiger partial charge in [0, 0.05) is 25.4 Å². The molecule has 1 N–H and O–H groups in total. The first-order chi connectivity index (χ1) is 7.83. The topological polar surface area (TPSA) is 41.3 Å². The Bertz CT molecular complexity index is 324. The SMILES string of the molecule is CCN1CCC(c2nc(CCNC)co2)C1. The summed E-state index contributed by atoms with van der Waals surface area (Å²) in [5.74, 6) is 1.44. The molecule has 0 spiro atoms. The van der Waals surface area contributed by atoms with Gasteiger partial charge in [0.15, 0.2) is 5.89 Å². The van der Waals surface area contributed by atoms with E-state index in [0.717, 1.165) is 37.6 Å². The lowest BCUT2D eigenvalue weighted by molar-refractivity contribution is 0.344. The zero-order valence-electron chi connectivity index (χ0n) is 10.2. The highest BCUT2D eigenvalue weighted by molar-refractivity contribution is 5.04. The minimum atomic E-state index is 0.503. The standard InChI is InChI=1S/C12H21N3O/c1-3-15-7-5-10(8-15)12-14-11(9-16-12)4-6-13-2/h9-10,13H,3-8H2,1-2H3. The summed E-state index contributed by atoms with van der Waals surface area (Å²) in [6, 6.07) is 0. The number of likely N-dealkylation sites (tertiary alicyclic amines) is 1. The smallest absolute Gasteiger partial charge is 0.198 e. The highest BCUT2D eigenvalue weighted by Crippen LogP contribution is 2.26. The molecule has 0 aliphatic carbocycles. The van der Waals surface area contributed by atoms with Crippen molar-refractivity contribution in [2.45, 2.75) is 25.7 Å². The van der Waals surface area contributed by atoms with Crippen molar-refractivity contribution in [1.82, 2.24) is 15.2 Å². The fourth-order valence-corrected chi connectivity index (χ4v) is 2.20. The van der Waals surface area contributed by atoms with Crippen LogP contribution >= 0.6 is 0 Å². The van der Waals surface area contributed by atoms with E-state index >= 15 is 0 Å². The molecule has 0 aromatic carbocycles. The van der Waals surface area contributed by atoms with Gasteiger partial charge in [-0.2, -0.15) is 0 Å². The number of hydrogen-bond donors (Lipinski definition) is 1. The molecule has 4 heteroatoms. The minimum Gasteiger partial charge on any atom is -0.448 e. The maximum absolute atomic E-state index is 5.57. The summed E-state index contributed by atoms with van der Waals surface area (Å²) in [5.41, 5.74) is 1.07. The molecule has 1 aliphatic rings. The third-order valence-corrected chi connectivity index (χ3v) is 3.27. The van der Waals surface area contributed by atoms with E-state index in [9.17, 15) is 0 Å². The second-order valence-electron chi connectivity index (χ2n) is 4.41. The van der Waals surface area contributed by atoms with Gasteiger partial charge in [0.05, 0.1) is 5.69 Å². The Kier molecular flexibility index (Phi) is 3.96. The minimum absolute atomic E-state index is 0.503. The molecular weight excluding hydrogens is 202 g/mol. The lowest BCUT2D eigenvalue weighted by atomic mass is 10.1. The number of rotatable bonds is 5. The molecule has 1 unspecified atom stereocenters. The summed E-state index contributed by atoms with van der Waals surface area (Å²) in [6.07, 6.45) is 3.94. The van der Waals surface area contributed by atoms with Crippen LogP contribution < -0.4 is 5.32 Å². The van der Waals surface area contributed by atoms with Crippen LogP contribution in [0.25, 0.3) is 0 Å². The molecule has 1 aromatic rings. The maximum Gasteiger partial charge on any atom is 0.198 e. The first-order valence-corrected chi connectivity index (χ1v) is 6.14. The molecule has 1 atom stereocenters. The van der Waals surface area contributed by atoms with Gasteiger partial charge in [-0.3, -0.25) is 0 Å². The molecule has 1 fully saturated rings. The van der Waals surface area contributed by atoms with Crippen LogP contribution in [0.15, 0.2) is 10.7 Å². The van der Waals surface area contributed by atoms with Gasteiger partial charge in [-0.15, -0.1) is 0 Å². The predicted octanol–water partition coefficient (Wildman–Crippen LogP) is 1.25. The molecule has 0 radical (unpaired) electrons. The Morgan fingerprint density at radius 2 is 2.50 bits per heavy atom. The quantitative estimate of drug-likeness (QED) is 0.815. The van der Waals surface area contributed by atoms with Gasteiger partial charge >= 0.3 is 0 Å². The fourth-order valence-electron chi connectivity index (χ4n) is 2.20. The normalized spacial score (nSPS) is 21.8. The van der Waals surface area contributed by atoms with Gasteiger partial charge in [-0.05, 0) is 26.6 Å². The highest BCUT2D eigenvalue weighted by Gasteiger charge is 2.26. The molecule has 90 valence electrons. The van der Waals surface area contributed by atoms with Crippen molar-refractivity contribution in [2.24, 2.45) is 0 Å². The first kappa shape index (κ1) is 11.6. The molecule has 2 rings (SSSR count). The van der Waals surface area contributed by atoms with E-state index in [2.05, 4.69) is 22.1 Å². The van der Waals surface area contributed by atoms with Gasteiger partial charge in [-0.1, -0.05) is 6.92 Å². The number of oxazole rings is 1. The highest BCUT2D eigenvalue weighted by atomic mass is 16.3. The Labute approximate surface area is 97.0 Å². The van der Waals surface area contributed by atoms with E-state index in [1.165, 1.54) is 13.0 Å². The Morgan fingerprint density at radius 1 is 1.62 bits per heavy atom. The zero-order chi connectivity index (χ0) is 11.4. The lowest BCUT2D eigenvalue weighted by Gasteiger charge is -2.10.